The Morgan fingerprint density at radius 2 is 2.05 bits per heavy atom. The number of rotatable bonds is 3. The SMILES string of the molecule is Brc1ccc(-c2ccnc(Nc3ccc4[nH]ccc4c3)n2)s1. The number of aromatic nitrogens is 3. The van der Waals surface area contributed by atoms with E-state index < -0.39 is 0 Å². The second-order valence-corrected chi connectivity index (χ2v) is 7.24. The number of benzene rings is 1. The van der Waals surface area contributed by atoms with Crippen LogP contribution in [-0.4, -0.2) is 15.0 Å². The number of thiophene rings is 1. The summed E-state index contributed by atoms with van der Waals surface area (Å²) >= 11 is 5.13. The van der Waals surface area contributed by atoms with Crippen LogP contribution in [0.4, 0.5) is 11.6 Å². The number of fused-ring (bicyclic) bond motifs is 1. The predicted octanol–water partition coefficient (Wildman–Crippen LogP) is 5.19. The van der Waals surface area contributed by atoms with Gasteiger partial charge in [0, 0.05) is 29.0 Å². The molecule has 6 heteroatoms. The molecule has 22 heavy (non-hydrogen) atoms. The van der Waals surface area contributed by atoms with Gasteiger partial charge in [-0.25, -0.2) is 9.97 Å². The molecule has 3 heterocycles. The fourth-order valence-corrected chi connectivity index (χ4v) is 3.62. The summed E-state index contributed by atoms with van der Waals surface area (Å²) in [6, 6.07) is 14.2. The summed E-state index contributed by atoms with van der Waals surface area (Å²) in [4.78, 5) is 13.2. The van der Waals surface area contributed by atoms with Gasteiger partial charge in [0.2, 0.25) is 5.95 Å². The maximum atomic E-state index is 4.58. The van der Waals surface area contributed by atoms with Crippen molar-refractivity contribution in [2.24, 2.45) is 0 Å². The maximum absolute atomic E-state index is 4.58. The van der Waals surface area contributed by atoms with Gasteiger partial charge >= 0.3 is 0 Å². The highest BCUT2D eigenvalue weighted by Crippen LogP contribution is 2.30. The average molecular weight is 371 g/mol. The number of anilines is 2. The van der Waals surface area contributed by atoms with Crippen molar-refractivity contribution < 1.29 is 0 Å². The van der Waals surface area contributed by atoms with Crippen molar-refractivity contribution in [3.05, 3.63) is 58.6 Å². The van der Waals surface area contributed by atoms with Crippen molar-refractivity contribution in [3.63, 3.8) is 0 Å². The average Bonchev–Trinajstić information content (AvgIpc) is 3.16. The predicted molar refractivity (Wildman–Crippen MR) is 94.6 cm³/mol. The minimum absolute atomic E-state index is 0.594. The van der Waals surface area contributed by atoms with Gasteiger partial charge in [-0.05, 0) is 58.4 Å². The Morgan fingerprint density at radius 3 is 2.91 bits per heavy atom. The van der Waals surface area contributed by atoms with E-state index in [1.54, 1.807) is 17.5 Å². The zero-order valence-corrected chi connectivity index (χ0v) is 13.8. The topological polar surface area (TPSA) is 53.6 Å². The van der Waals surface area contributed by atoms with Gasteiger partial charge in [-0.1, -0.05) is 0 Å². The molecule has 1 aromatic carbocycles. The lowest BCUT2D eigenvalue weighted by molar-refractivity contribution is 1.17. The summed E-state index contributed by atoms with van der Waals surface area (Å²) in [5, 5.41) is 4.42. The lowest BCUT2D eigenvalue weighted by Crippen LogP contribution is -1.97. The van der Waals surface area contributed by atoms with Gasteiger partial charge < -0.3 is 10.3 Å². The van der Waals surface area contributed by atoms with Crippen molar-refractivity contribution in [2.75, 3.05) is 5.32 Å². The number of hydrogen-bond acceptors (Lipinski definition) is 4. The highest BCUT2D eigenvalue weighted by molar-refractivity contribution is 9.11. The van der Waals surface area contributed by atoms with Crippen molar-refractivity contribution in [1.29, 1.82) is 0 Å². The summed E-state index contributed by atoms with van der Waals surface area (Å²) in [5.41, 5.74) is 3.00. The normalized spacial score (nSPS) is 11.0. The van der Waals surface area contributed by atoms with Crippen LogP contribution in [0.25, 0.3) is 21.5 Å². The first kappa shape index (κ1) is 13.5. The molecule has 0 bridgehead atoms. The van der Waals surface area contributed by atoms with Gasteiger partial charge in [0.15, 0.2) is 0 Å². The lowest BCUT2D eigenvalue weighted by atomic mass is 10.2. The molecule has 0 aliphatic carbocycles. The summed E-state index contributed by atoms with van der Waals surface area (Å²) in [6.07, 6.45) is 3.70. The van der Waals surface area contributed by atoms with Crippen LogP contribution < -0.4 is 5.32 Å². The van der Waals surface area contributed by atoms with Crippen molar-refractivity contribution in [2.45, 2.75) is 0 Å². The molecule has 0 aliphatic heterocycles. The molecule has 0 saturated heterocycles. The largest absolute Gasteiger partial charge is 0.361 e. The van der Waals surface area contributed by atoms with Crippen LogP contribution in [-0.2, 0) is 0 Å². The Balaban J connectivity index is 1.65. The first-order valence-electron chi connectivity index (χ1n) is 6.71. The molecule has 0 unspecified atom stereocenters. The van der Waals surface area contributed by atoms with Crippen LogP contribution >= 0.6 is 27.3 Å². The Bertz CT molecular complexity index is 944. The van der Waals surface area contributed by atoms with Crippen LogP contribution in [0.15, 0.2) is 58.6 Å². The van der Waals surface area contributed by atoms with Crippen molar-refractivity contribution in [1.82, 2.24) is 15.0 Å². The Morgan fingerprint density at radius 1 is 1.09 bits per heavy atom. The third kappa shape index (κ3) is 2.63. The molecule has 4 aromatic rings. The molecule has 0 saturated carbocycles. The monoisotopic (exact) mass is 370 g/mol. The number of nitrogens with zero attached hydrogens (tertiary/aromatic N) is 2. The molecule has 108 valence electrons. The van der Waals surface area contributed by atoms with Crippen LogP contribution in [0.1, 0.15) is 0 Å². The lowest BCUT2D eigenvalue weighted by Gasteiger charge is -2.06. The zero-order chi connectivity index (χ0) is 14.9. The molecule has 0 amide bonds. The van der Waals surface area contributed by atoms with E-state index in [1.807, 2.05) is 42.6 Å². The van der Waals surface area contributed by atoms with E-state index in [-0.39, 0.29) is 0 Å². The van der Waals surface area contributed by atoms with Gasteiger partial charge in [0.1, 0.15) is 0 Å². The number of H-pyrrole nitrogens is 1. The molecular formula is C16H11BrN4S. The number of hydrogen-bond donors (Lipinski definition) is 2. The quantitative estimate of drug-likeness (QED) is 0.521. The third-order valence-corrected chi connectivity index (χ3v) is 4.94. The van der Waals surface area contributed by atoms with Crippen LogP contribution in [0.3, 0.4) is 0 Å². The summed E-state index contributed by atoms with van der Waals surface area (Å²) in [6.45, 7) is 0. The standard InChI is InChI=1S/C16H11BrN4S/c17-15-4-3-14(22-15)13-6-8-19-16(21-13)20-11-1-2-12-10(9-11)5-7-18-12/h1-9,18H,(H,19,20,21). The highest BCUT2D eigenvalue weighted by Gasteiger charge is 2.06. The molecule has 4 rings (SSSR count). The van der Waals surface area contributed by atoms with E-state index >= 15 is 0 Å². The molecule has 0 fully saturated rings. The second kappa shape index (κ2) is 5.55. The highest BCUT2D eigenvalue weighted by atomic mass is 79.9. The third-order valence-electron chi connectivity index (χ3n) is 3.29. The number of aromatic amines is 1. The first-order valence-corrected chi connectivity index (χ1v) is 8.32. The molecule has 0 spiro atoms. The molecule has 3 aromatic heterocycles. The molecule has 2 N–H and O–H groups in total. The van der Waals surface area contributed by atoms with Crippen molar-refractivity contribution in [3.8, 4) is 10.6 Å². The Kier molecular flexibility index (Phi) is 3.40. The van der Waals surface area contributed by atoms with Crippen LogP contribution in [0, 0.1) is 0 Å². The molecule has 0 aliphatic rings. The minimum atomic E-state index is 0.594. The van der Waals surface area contributed by atoms with Gasteiger partial charge in [-0.15, -0.1) is 11.3 Å². The van der Waals surface area contributed by atoms with Gasteiger partial charge in [0.05, 0.1) is 14.4 Å². The summed E-state index contributed by atoms with van der Waals surface area (Å²) in [7, 11) is 0. The Labute approximate surface area is 139 Å². The van der Waals surface area contributed by atoms with Gasteiger partial charge in [-0.2, -0.15) is 0 Å². The first-order chi connectivity index (χ1) is 10.8. The van der Waals surface area contributed by atoms with E-state index in [9.17, 15) is 0 Å². The fraction of sp³-hybridized carbons (Fsp3) is 0. The van der Waals surface area contributed by atoms with E-state index in [1.165, 1.54) is 0 Å². The van der Waals surface area contributed by atoms with Gasteiger partial charge in [0.25, 0.3) is 0 Å². The second-order valence-electron chi connectivity index (χ2n) is 4.77. The fourth-order valence-electron chi connectivity index (χ4n) is 2.27. The van der Waals surface area contributed by atoms with Gasteiger partial charge in [-0.3, -0.25) is 0 Å². The smallest absolute Gasteiger partial charge is 0.227 e. The molecule has 0 atom stereocenters. The molecule has 4 nitrogen and oxygen atoms in total. The van der Waals surface area contributed by atoms with Crippen molar-refractivity contribution >= 4 is 49.8 Å². The van der Waals surface area contributed by atoms with E-state index in [4.69, 9.17) is 0 Å². The Hall–Kier alpha value is -2.18. The molecule has 0 radical (unpaired) electrons. The van der Waals surface area contributed by atoms with E-state index in [2.05, 4.69) is 42.3 Å². The van der Waals surface area contributed by atoms with Crippen LogP contribution in [0.5, 0.6) is 0 Å². The molecular weight excluding hydrogens is 360 g/mol. The number of nitrogens with one attached hydrogen (secondary N) is 2. The maximum Gasteiger partial charge on any atom is 0.227 e. The zero-order valence-electron chi connectivity index (χ0n) is 11.4. The minimum Gasteiger partial charge on any atom is -0.361 e. The van der Waals surface area contributed by atoms with E-state index in [0.29, 0.717) is 5.95 Å². The van der Waals surface area contributed by atoms with Crippen LogP contribution in [0.2, 0.25) is 0 Å². The summed E-state index contributed by atoms with van der Waals surface area (Å²) in [5.74, 6) is 0.594. The summed E-state index contributed by atoms with van der Waals surface area (Å²) < 4.78 is 1.09. The number of halogens is 1. The van der Waals surface area contributed by atoms with E-state index in [0.717, 1.165) is 30.9 Å².